The number of nitrogens with one attached hydrogen (secondary N) is 1. The van der Waals surface area contributed by atoms with Gasteiger partial charge < -0.3 is 5.32 Å². The normalized spacial score (nSPS) is 13.1. The molecule has 1 aromatic rings. The van der Waals surface area contributed by atoms with Crippen LogP contribution in [0.4, 0.5) is 0 Å². The standard InChI is InChI=1S/C17H27NS/c1-13-6-8-16(9-7-13)10-11-17(4,5)14(2)15(3)18-12-19/h6-9,14,18-19H,3,10-12H2,1-2,4-5H3. The molecule has 1 rings (SSSR count). The largest absolute Gasteiger partial charge is 0.380 e. The maximum absolute atomic E-state index is 4.20. The number of allylic oxidation sites excluding steroid dienone is 1. The van der Waals surface area contributed by atoms with Crippen molar-refractivity contribution in [3.63, 3.8) is 0 Å². The number of benzene rings is 1. The third kappa shape index (κ3) is 4.94. The molecular formula is C17H27NS. The van der Waals surface area contributed by atoms with Crippen molar-refractivity contribution in [1.82, 2.24) is 5.32 Å². The third-order valence-corrected chi connectivity index (χ3v) is 4.34. The Morgan fingerprint density at radius 1 is 1.32 bits per heavy atom. The molecule has 2 heteroatoms. The Morgan fingerprint density at radius 2 is 1.89 bits per heavy atom. The van der Waals surface area contributed by atoms with E-state index in [-0.39, 0.29) is 5.41 Å². The van der Waals surface area contributed by atoms with Crippen LogP contribution in [-0.4, -0.2) is 5.88 Å². The van der Waals surface area contributed by atoms with Gasteiger partial charge in [0.25, 0.3) is 0 Å². The molecule has 1 unspecified atom stereocenters. The quantitative estimate of drug-likeness (QED) is 0.549. The van der Waals surface area contributed by atoms with Gasteiger partial charge in [-0.15, -0.1) is 0 Å². The van der Waals surface area contributed by atoms with Crippen LogP contribution in [0.5, 0.6) is 0 Å². The zero-order chi connectivity index (χ0) is 14.5. The van der Waals surface area contributed by atoms with Crippen LogP contribution in [-0.2, 0) is 6.42 Å². The Balaban J connectivity index is 2.58. The van der Waals surface area contributed by atoms with E-state index in [0.29, 0.717) is 11.8 Å². The first-order valence-electron chi connectivity index (χ1n) is 6.96. The van der Waals surface area contributed by atoms with Crippen molar-refractivity contribution in [2.45, 2.75) is 40.5 Å². The van der Waals surface area contributed by atoms with E-state index in [9.17, 15) is 0 Å². The second-order valence-corrected chi connectivity index (χ2v) is 6.37. The first-order chi connectivity index (χ1) is 8.86. The van der Waals surface area contributed by atoms with E-state index in [2.05, 4.69) is 76.5 Å². The minimum absolute atomic E-state index is 0.234. The molecule has 1 atom stereocenters. The molecule has 0 aliphatic carbocycles. The maximum Gasteiger partial charge on any atom is 0.0578 e. The maximum atomic E-state index is 4.20. The molecule has 0 aliphatic rings. The van der Waals surface area contributed by atoms with Crippen molar-refractivity contribution in [1.29, 1.82) is 0 Å². The molecule has 19 heavy (non-hydrogen) atoms. The van der Waals surface area contributed by atoms with Crippen molar-refractivity contribution < 1.29 is 0 Å². The molecule has 1 aromatic carbocycles. The van der Waals surface area contributed by atoms with Gasteiger partial charge in [0, 0.05) is 11.6 Å². The van der Waals surface area contributed by atoms with E-state index < -0.39 is 0 Å². The van der Waals surface area contributed by atoms with Crippen LogP contribution in [0.1, 0.15) is 38.3 Å². The molecule has 0 fully saturated rings. The zero-order valence-electron chi connectivity index (χ0n) is 12.7. The van der Waals surface area contributed by atoms with Gasteiger partial charge >= 0.3 is 0 Å². The van der Waals surface area contributed by atoms with Crippen molar-refractivity contribution in [2.24, 2.45) is 11.3 Å². The molecule has 0 spiro atoms. The lowest BCUT2D eigenvalue weighted by molar-refractivity contribution is 0.237. The number of rotatable bonds is 7. The molecule has 106 valence electrons. The van der Waals surface area contributed by atoms with Gasteiger partial charge in [-0.05, 0) is 30.7 Å². The van der Waals surface area contributed by atoms with Crippen LogP contribution in [0, 0.1) is 18.3 Å². The molecule has 0 amide bonds. The summed E-state index contributed by atoms with van der Waals surface area (Å²) in [6.45, 7) is 13.1. The van der Waals surface area contributed by atoms with Crippen LogP contribution < -0.4 is 5.32 Å². The lowest BCUT2D eigenvalue weighted by Gasteiger charge is -2.33. The molecule has 1 N–H and O–H groups in total. The van der Waals surface area contributed by atoms with Crippen molar-refractivity contribution >= 4 is 12.6 Å². The van der Waals surface area contributed by atoms with Gasteiger partial charge in [0.2, 0.25) is 0 Å². The first-order valence-corrected chi connectivity index (χ1v) is 7.59. The van der Waals surface area contributed by atoms with Gasteiger partial charge in [-0.1, -0.05) is 57.2 Å². The summed E-state index contributed by atoms with van der Waals surface area (Å²) in [6.07, 6.45) is 2.27. The minimum atomic E-state index is 0.234. The molecule has 0 aromatic heterocycles. The van der Waals surface area contributed by atoms with E-state index in [1.807, 2.05) is 0 Å². The molecule has 0 bridgehead atoms. The van der Waals surface area contributed by atoms with Crippen LogP contribution in [0.2, 0.25) is 0 Å². The van der Waals surface area contributed by atoms with Crippen LogP contribution in [0.15, 0.2) is 36.5 Å². The number of hydrogen-bond donors (Lipinski definition) is 2. The van der Waals surface area contributed by atoms with Gasteiger partial charge in [0.15, 0.2) is 0 Å². The zero-order valence-corrected chi connectivity index (χ0v) is 13.6. The number of aryl methyl sites for hydroxylation is 2. The Hall–Kier alpha value is -0.890. The van der Waals surface area contributed by atoms with Crippen LogP contribution >= 0.6 is 12.6 Å². The fraction of sp³-hybridized carbons (Fsp3) is 0.529. The summed E-state index contributed by atoms with van der Waals surface area (Å²) in [6, 6.07) is 8.84. The minimum Gasteiger partial charge on any atom is -0.380 e. The van der Waals surface area contributed by atoms with E-state index >= 15 is 0 Å². The molecule has 0 saturated carbocycles. The summed E-state index contributed by atoms with van der Waals surface area (Å²) in [5.74, 6) is 1.09. The van der Waals surface area contributed by atoms with Gasteiger partial charge in [-0.3, -0.25) is 0 Å². The Labute approximate surface area is 123 Å². The highest BCUT2D eigenvalue weighted by Crippen LogP contribution is 2.35. The summed E-state index contributed by atoms with van der Waals surface area (Å²) in [4.78, 5) is 0. The SMILES string of the molecule is C=C(NCS)C(C)C(C)(C)CCc1ccc(C)cc1. The second kappa shape index (κ2) is 7.04. The Morgan fingerprint density at radius 3 is 2.42 bits per heavy atom. The fourth-order valence-electron chi connectivity index (χ4n) is 2.16. The highest BCUT2D eigenvalue weighted by molar-refractivity contribution is 7.80. The van der Waals surface area contributed by atoms with E-state index in [4.69, 9.17) is 0 Å². The molecular weight excluding hydrogens is 250 g/mol. The summed E-state index contributed by atoms with van der Waals surface area (Å²) < 4.78 is 0. The van der Waals surface area contributed by atoms with Crippen LogP contribution in [0.3, 0.4) is 0 Å². The predicted octanol–water partition coefficient (Wildman–Crippen LogP) is 4.58. The molecule has 1 nitrogen and oxygen atoms in total. The topological polar surface area (TPSA) is 12.0 Å². The van der Waals surface area contributed by atoms with Gasteiger partial charge in [0.1, 0.15) is 0 Å². The van der Waals surface area contributed by atoms with Crippen molar-refractivity contribution in [2.75, 3.05) is 5.88 Å². The third-order valence-electron chi connectivity index (χ3n) is 4.18. The van der Waals surface area contributed by atoms with Crippen molar-refractivity contribution in [3.05, 3.63) is 47.7 Å². The van der Waals surface area contributed by atoms with Crippen molar-refractivity contribution in [3.8, 4) is 0 Å². The highest BCUT2D eigenvalue weighted by Gasteiger charge is 2.27. The number of thiol groups is 1. The molecule has 0 radical (unpaired) electrons. The van der Waals surface area contributed by atoms with Gasteiger partial charge in [-0.25, -0.2) is 0 Å². The lowest BCUT2D eigenvalue weighted by Crippen LogP contribution is -2.29. The average Bonchev–Trinajstić information content (AvgIpc) is 2.37. The average molecular weight is 277 g/mol. The first kappa shape index (κ1) is 16.2. The lowest BCUT2D eigenvalue weighted by atomic mass is 9.74. The van der Waals surface area contributed by atoms with Gasteiger partial charge in [-0.2, -0.15) is 12.6 Å². The summed E-state index contributed by atoms with van der Waals surface area (Å²) in [5, 5.41) is 3.23. The van der Waals surface area contributed by atoms with Gasteiger partial charge in [0.05, 0.1) is 5.88 Å². The fourth-order valence-corrected chi connectivity index (χ4v) is 2.37. The van der Waals surface area contributed by atoms with E-state index in [0.717, 1.165) is 18.5 Å². The summed E-state index contributed by atoms with van der Waals surface area (Å²) in [7, 11) is 0. The molecule has 0 aliphatic heterocycles. The number of hydrogen-bond acceptors (Lipinski definition) is 2. The smallest absolute Gasteiger partial charge is 0.0578 e. The Kier molecular flexibility index (Phi) is 5.99. The highest BCUT2D eigenvalue weighted by atomic mass is 32.1. The van der Waals surface area contributed by atoms with E-state index in [1.165, 1.54) is 11.1 Å². The monoisotopic (exact) mass is 277 g/mol. The second-order valence-electron chi connectivity index (χ2n) is 6.06. The van der Waals surface area contributed by atoms with E-state index in [1.54, 1.807) is 0 Å². The van der Waals surface area contributed by atoms with Crippen LogP contribution in [0.25, 0.3) is 0 Å². The Bertz CT molecular complexity index is 406. The predicted molar refractivity (Wildman–Crippen MR) is 88.6 cm³/mol. The summed E-state index contributed by atoms with van der Waals surface area (Å²) >= 11 is 4.20. The molecule has 0 heterocycles. The summed E-state index contributed by atoms with van der Waals surface area (Å²) in [5.41, 5.74) is 4.06. The molecule has 0 saturated heterocycles.